The van der Waals surface area contributed by atoms with Crippen LogP contribution in [0.4, 0.5) is 5.69 Å². The molecule has 0 aliphatic carbocycles. The number of nitrogens with one attached hydrogen (secondary N) is 1. The van der Waals surface area contributed by atoms with Crippen LogP contribution in [0.5, 0.6) is 5.75 Å². The molecule has 2 aromatic rings. The minimum atomic E-state index is -0.483. The molecule has 1 unspecified atom stereocenters. The first-order valence-corrected chi connectivity index (χ1v) is 6.68. The van der Waals surface area contributed by atoms with Crippen LogP contribution in [0.3, 0.4) is 0 Å². The van der Waals surface area contributed by atoms with E-state index >= 15 is 0 Å². The summed E-state index contributed by atoms with van der Waals surface area (Å²) in [5.74, 6) is 0.682. The molecule has 1 aliphatic heterocycles. The van der Waals surface area contributed by atoms with Gasteiger partial charge in [0.1, 0.15) is 11.8 Å². The topological polar surface area (TPSA) is 62.1 Å². The summed E-state index contributed by atoms with van der Waals surface area (Å²) in [4.78, 5) is 12.4. The van der Waals surface area contributed by atoms with Gasteiger partial charge in [-0.1, -0.05) is 18.2 Å². The Kier molecular flexibility index (Phi) is 3.33. The van der Waals surface area contributed by atoms with Crippen LogP contribution >= 0.6 is 0 Å². The lowest BCUT2D eigenvalue weighted by Gasteiger charge is -2.27. The van der Waals surface area contributed by atoms with E-state index in [4.69, 9.17) is 10.00 Å². The summed E-state index contributed by atoms with van der Waals surface area (Å²) in [6, 6.07) is 14.5. The van der Waals surface area contributed by atoms with Crippen molar-refractivity contribution in [2.75, 3.05) is 12.4 Å². The SMILES string of the molecule is COc1ccc(C#N)cc1C1Nc2ccccc2CC1=O. The summed E-state index contributed by atoms with van der Waals surface area (Å²) in [6.07, 6.45) is 0.383. The highest BCUT2D eigenvalue weighted by molar-refractivity contribution is 5.94. The molecule has 0 aromatic heterocycles. The third kappa shape index (κ3) is 2.34. The summed E-state index contributed by atoms with van der Waals surface area (Å²) in [5.41, 5.74) is 3.16. The molecule has 1 atom stereocenters. The highest BCUT2D eigenvalue weighted by atomic mass is 16.5. The molecule has 1 aliphatic rings. The predicted octanol–water partition coefficient (Wildman–Crippen LogP) is 2.85. The highest BCUT2D eigenvalue weighted by Gasteiger charge is 2.29. The number of ketones is 1. The van der Waals surface area contributed by atoms with Crippen LogP contribution < -0.4 is 10.1 Å². The van der Waals surface area contributed by atoms with Gasteiger partial charge in [0, 0.05) is 17.7 Å². The van der Waals surface area contributed by atoms with Crippen molar-refractivity contribution in [2.45, 2.75) is 12.5 Å². The van der Waals surface area contributed by atoms with Crippen LogP contribution in [0.1, 0.15) is 22.7 Å². The Labute approximate surface area is 123 Å². The molecule has 0 saturated carbocycles. The number of rotatable bonds is 2. The number of methoxy groups -OCH3 is 1. The van der Waals surface area contributed by atoms with E-state index in [1.807, 2.05) is 24.3 Å². The molecule has 21 heavy (non-hydrogen) atoms. The molecule has 0 fully saturated rings. The monoisotopic (exact) mass is 278 g/mol. The van der Waals surface area contributed by atoms with Gasteiger partial charge in [-0.2, -0.15) is 5.26 Å². The van der Waals surface area contributed by atoms with E-state index < -0.39 is 6.04 Å². The molecule has 0 saturated heterocycles. The van der Waals surface area contributed by atoms with E-state index in [2.05, 4.69) is 11.4 Å². The normalized spacial score (nSPS) is 16.6. The number of carbonyl (C=O) groups is 1. The Hall–Kier alpha value is -2.80. The van der Waals surface area contributed by atoms with E-state index in [1.165, 1.54) is 0 Å². The van der Waals surface area contributed by atoms with Gasteiger partial charge in [-0.3, -0.25) is 4.79 Å². The van der Waals surface area contributed by atoms with Gasteiger partial charge in [-0.05, 0) is 29.8 Å². The van der Waals surface area contributed by atoms with Crippen molar-refractivity contribution in [2.24, 2.45) is 0 Å². The maximum absolute atomic E-state index is 12.4. The summed E-state index contributed by atoms with van der Waals surface area (Å²) in [7, 11) is 1.56. The van der Waals surface area contributed by atoms with Crippen molar-refractivity contribution < 1.29 is 9.53 Å². The molecule has 0 amide bonds. The zero-order valence-electron chi connectivity index (χ0n) is 11.6. The van der Waals surface area contributed by atoms with Crippen LogP contribution in [-0.4, -0.2) is 12.9 Å². The minimum absolute atomic E-state index is 0.0714. The first kappa shape index (κ1) is 13.2. The molecule has 0 spiro atoms. The van der Waals surface area contributed by atoms with Crippen molar-refractivity contribution in [1.29, 1.82) is 5.26 Å². The second-order valence-corrected chi connectivity index (χ2v) is 4.95. The van der Waals surface area contributed by atoms with Gasteiger partial charge in [0.25, 0.3) is 0 Å². The Bertz CT molecular complexity index is 747. The first-order chi connectivity index (χ1) is 10.2. The quantitative estimate of drug-likeness (QED) is 0.917. The number of hydrogen-bond donors (Lipinski definition) is 1. The van der Waals surface area contributed by atoms with Crippen molar-refractivity contribution in [3.05, 3.63) is 59.2 Å². The number of ether oxygens (including phenoxy) is 1. The van der Waals surface area contributed by atoms with Gasteiger partial charge in [-0.15, -0.1) is 0 Å². The Morgan fingerprint density at radius 2 is 2.10 bits per heavy atom. The third-order valence-corrected chi connectivity index (χ3v) is 3.67. The van der Waals surface area contributed by atoms with Crippen LogP contribution in [-0.2, 0) is 11.2 Å². The summed E-state index contributed by atoms with van der Waals surface area (Å²) >= 11 is 0. The molecule has 0 bridgehead atoms. The number of hydrogen-bond acceptors (Lipinski definition) is 4. The van der Waals surface area contributed by atoms with Gasteiger partial charge in [0.2, 0.25) is 0 Å². The molecular weight excluding hydrogens is 264 g/mol. The number of nitrogens with zero attached hydrogens (tertiary/aromatic N) is 1. The highest BCUT2D eigenvalue weighted by Crippen LogP contribution is 2.34. The van der Waals surface area contributed by atoms with E-state index in [9.17, 15) is 4.79 Å². The van der Waals surface area contributed by atoms with Crippen LogP contribution in [0, 0.1) is 11.3 Å². The standard InChI is InChI=1S/C17H14N2O2/c1-21-16-7-6-11(10-18)8-13(16)17-15(20)9-12-4-2-3-5-14(12)19-17/h2-8,17,19H,9H2,1H3. The first-order valence-electron chi connectivity index (χ1n) is 6.68. The number of Topliss-reactive ketones (excluding diaryl/α,β-unsaturated/α-hetero) is 1. The molecule has 4 nitrogen and oxygen atoms in total. The second-order valence-electron chi connectivity index (χ2n) is 4.95. The van der Waals surface area contributed by atoms with Crippen molar-refractivity contribution in [3.8, 4) is 11.8 Å². The van der Waals surface area contributed by atoms with E-state index in [1.54, 1.807) is 25.3 Å². The second kappa shape index (κ2) is 5.29. The van der Waals surface area contributed by atoms with E-state index in [0.717, 1.165) is 11.3 Å². The van der Waals surface area contributed by atoms with E-state index in [-0.39, 0.29) is 5.78 Å². The molecule has 3 rings (SSSR count). The lowest BCUT2D eigenvalue weighted by Crippen LogP contribution is -2.28. The lowest BCUT2D eigenvalue weighted by atomic mass is 9.91. The van der Waals surface area contributed by atoms with Crippen LogP contribution in [0.25, 0.3) is 0 Å². The number of para-hydroxylation sites is 1. The maximum Gasteiger partial charge on any atom is 0.164 e. The van der Waals surface area contributed by atoms with Crippen molar-refractivity contribution in [3.63, 3.8) is 0 Å². The summed E-state index contributed by atoms with van der Waals surface area (Å²) in [5, 5.41) is 12.3. The minimum Gasteiger partial charge on any atom is -0.496 e. The number of carbonyl (C=O) groups excluding carboxylic acids is 1. The number of nitriles is 1. The maximum atomic E-state index is 12.4. The molecule has 1 heterocycles. The summed E-state index contributed by atoms with van der Waals surface area (Å²) < 4.78 is 5.33. The molecular formula is C17H14N2O2. The molecule has 2 aromatic carbocycles. The number of anilines is 1. The summed E-state index contributed by atoms with van der Waals surface area (Å²) in [6.45, 7) is 0. The van der Waals surface area contributed by atoms with E-state index in [0.29, 0.717) is 23.3 Å². The molecule has 1 N–H and O–H groups in total. The Balaban J connectivity index is 2.05. The average molecular weight is 278 g/mol. The number of benzene rings is 2. The lowest BCUT2D eigenvalue weighted by molar-refractivity contribution is -0.119. The predicted molar refractivity (Wildman–Crippen MR) is 79.2 cm³/mol. The zero-order valence-corrected chi connectivity index (χ0v) is 11.6. The van der Waals surface area contributed by atoms with Gasteiger partial charge < -0.3 is 10.1 Å². The van der Waals surface area contributed by atoms with Gasteiger partial charge in [0.05, 0.1) is 18.7 Å². The van der Waals surface area contributed by atoms with Crippen molar-refractivity contribution >= 4 is 11.5 Å². The fraction of sp³-hybridized carbons (Fsp3) is 0.176. The van der Waals surface area contributed by atoms with Crippen LogP contribution in [0.2, 0.25) is 0 Å². The Morgan fingerprint density at radius 3 is 2.86 bits per heavy atom. The van der Waals surface area contributed by atoms with Gasteiger partial charge >= 0.3 is 0 Å². The zero-order chi connectivity index (χ0) is 14.8. The van der Waals surface area contributed by atoms with Gasteiger partial charge in [0.15, 0.2) is 5.78 Å². The van der Waals surface area contributed by atoms with Crippen molar-refractivity contribution in [1.82, 2.24) is 0 Å². The average Bonchev–Trinajstić information content (AvgIpc) is 2.53. The number of fused-ring (bicyclic) bond motifs is 1. The largest absolute Gasteiger partial charge is 0.496 e. The molecule has 104 valence electrons. The van der Waals surface area contributed by atoms with Crippen LogP contribution in [0.15, 0.2) is 42.5 Å². The third-order valence-electron chi connectivity index (χ3n) is 3.67. The smallest absolute Gasteiger partial charge is 0.164 e. The molecule has 0 radical (unpaired) electrons. The van der Waals surface area contributed by atoms with Gasteiger partial charge in [-0.25, -0.2) is 0 Å². The fourth-order valence-corrected chi connectivity index (χ4v) is 2.62. The fourth-order valence-electron chi connectivity index (χ4n) is 2.62. The molecule has 4 heteroatoms. The Morgan fingerprint density at radius 1 is 1.29 bits per heavy atom.